The molecule has 2 aromatic carbocycles. The molecular formula is C23H26F2N4O8S. The van der Waals surface area contributed by atoms with Gasteiger partial charge in [0.1, 0.15) is 30.2 Å². The highest BCUT2D eigenvalue weighted by molar-refractivity contribution is 7.89. The lowest BCUT2D eigenvalue weighted by Gasteiger charge is -2.38. The molecule has 1 heterocycles. The van der Waals surface area contributed by atoms with Crippen LogP contribution < -0.4 is 20.9 Å². The molecule has 0 radical (unpaired) electrons. The molecule has 38 heavy (non-hydrogen) atoms. The number of halogens is 2. The van der Waals surface area contributed by atoms with Gasteiger partial charge in [-0.3, -0.25) is 4.79 Å². The number of ether oxygens (including phenoxy) is 2. The van der Waals surface area contributed by atoms with E-state index in [-0.39, 0.29) is 28.3 Å². The first kappa shape index (κ1) is 29.4. The van der Waals surface area contributed by atoms with Gasteiger partial charge in [-0.25, -0.2) is 8.78 Å². The summed E-state index contributed by atoms with van der Waals surface area (Å²) in [5, 5.41) is 38.7. The van der Waals surface area contributed by atoms with Crippen LogP contribution in [0.3, 0.4) is 0 Å². The Labute approximate surface area is 218 Å². The average Bonchev–Trinajstić information content (AvgIpc) is 2.86. The van der Waals surface area contributed by atoms with Gasteiger partial charge in [-0.05, 0) is 55.0 Å². The lowest BCUT2D eigenvalue weighted by Crippen LogP contribution is -2.59. The van der Waals surface area contributed by atoms with E-state index in [1.54, 1.807) is 0 Å². The zero-order chi connectivity index (χ0) is 28.1. The third-order valence-electron chi connectivity index (χ3n) is 5.33. The van der Waals surface area contributed by atoms with Gasteiger partial charge in [0.25, 0.3) is 5.91 Å². The van der Waals surface area contributed by atoms with Crippen LogP contribution in [0, 0.1) is 11.6 Å². The fourth-order valence-corrected chi connectivity index (χ4v) is 4.23. The molecule has 206 valence electrons. The molecule has 0 bridgehead atoms. The number of carbonyl (C=O) groups is 1. The SMILES string of the molecule is C/C(=C\c1cc(F)c(Oc2ccc([S+]([O-])NC[C@H]3OC(O)[C@H](O)[C@@H](O)[C@@H]3O)cc2)c(F)c1)C(=O)N=C(N)N. The number of aliphatic imine (C=N–C) groups is 1. The van der Waals surface area contributed by atoms with Crippen LogP contribution in [0.15, 0.2) is 51.9 Å². The summed E-state index contributed by atoms with van der Waals surface area (Å²) in [4.78, 5) is 15.4. The lowest BCUT2D eigenvalue weighted by atomic mass is 9.99. The number of hydrogen-bond acceptors (Lipinski definition) is 9. The Balaban J connectivity index is 1.64. The molecule has 3 rings (SSSR count). The smallest absolute Gasteiger partial charge is 0.275 e. The topological polar surface area (TPSA) is 216 Å². The summed E-state index contributed by atoms with van der Waals surface area (Å²) >= 11 is -1.84. The van der Waals surface area contributed by atoms with Crippen molar-refractivity contribution in [3.05, 3.63) is 59.2 Å². The summed E-state index contributed by atoms with van der Waals surface area (Å²) in [6.45, 7) is 1.12. The maximum Gasteiger partial charge on any atom is 0.275 e. The van der Waals surface area contributed by atoms with E-state index in [1.165, 1.54) is 37.3 Å². The maximum atomic E-state index is 14.6. The van der Waals surface area contributed by atoms with Gasteiger partial charge >= 0.3 is 0 Å². The van der Waals surface area contributed by atoms with Gasteiger partial charge in [-0.2, -0.15) is 4.99 Å². The molecule has 1 aliphatic heterocycles. The van der Waals surface area contributed by atoms with Crippen molar-refractivity contribution in [3.63, 3.8) is 0 Å². The van der Waals surface area contributed by atoms with Gasteiger partial charge in [0.2, 0.25) is 0 Å². The third kappa shape index (κ3) is 7.24. The van der Waals surface area contributed by atoms with Crippen LogP contribution >= 0.6 is 0 Å². The highest BCUT2D eigenvalue weighted by Gasteiger charge is 2.43. The number of nitrogens with two attached hydrogens (primary N) is 2. The molecular weight excluding hydrogens is 530 g/mol. The van der Waals surface area contributed by atoms with E-state index in [1.807, 2.05) is 0 Å². The third-order valence-corrected chi connectivity index (χ3v) is 6.46. The largest absolute Gasteiger partial charge is 0.593 e. The van der Waals surface area contributed by atoms with Crippen molar-refractivity contribution in [2.75, 3.05) is 6.54 Å². The predicted molar refractivity (Wildman–Crippen MR) is 131 cm³/mol. The molecule has 1 aliphatic rings. The monoisotopic (exact) mass is 556 g/mol. The van der Waals surface area contributed by atoms with Crippen molar-refractivity contribution in [2.45, 2.75) is 42.5 Å². The van der Waals surface area contributed by atoms with Crippen molar-refractivity contribution in [1.82, 2.24) is 4.72 Å². The standard InChI is InChI=1S/C23H26F2N4O8S/c1-10(21(33)29-23(26)27)6-11-7-14(24)20(15(25)8-11)36-12-2-4-13(5-3-12)38(35)28-9-16-17(30)18(31)19(32)22(34)37-16/h2-8,16-19,22,28,30-32,34H,9H2,1H3,(H4,26,27,29,33)/b10-6+/t16-,17-,18+,19-,22?,38?/m1/s1. The van der Waals surface area contributed by atoms with Crippen LogP contribution in [0.4, 0.5) is 8.78 Å². The van der Waals surface area contributed by atoms with Crippen LogP contribution in [0.25, 0.3) is 6.08 Å². The number of carbonyl (C=O) groups excluding carboxylic acids is 1. The van der Waals surface area contributed by atoms with E-state index < -0.39 is 71.3 Å². The quantitative estimate of drug-likeness (QED) is 0.0940. The first-order valence-electron chi connectivity index (χ1n) is 11.0. The van der Waals surface area contributed by atoms with Crippen molar-refractivity contribution in [1.29, 1.82) is 0 Å². The Hall–Kier alpha value is -3.15. The minimum absolute atomic E-state index is 0.0252. The Morgan fingerprint density at radius 1 is 1.13 bits per heavy atom. The predicted octanol–water partition coefficient (Wildman–Crippen LogP) is -0.627. The zero-order valence-corrected chi connectivity index (χ0v) is 20.6. The lowest BCUT2D eigenvalue weighted by molar-refractivity contribution is -0.279. The number of hydrogen-bond donors (Lipinski definition) is 7. The first-order chi connectivity index (χ1) is 17.9. The van der Waals surface area contributed by atoms with Gasteiger partial charge < -0.3 is 45.9 Å². The molecule has 1 saturated heterocycles. The molecule has 9 N–H and O–H groups in total. The number of amides is 1. The van der Waals surface area contributed by atoms with E-state index in [4.69, 9.17) is 20.9 Å². The van der Waals surface area contributed by atoms with E-state index in [0.29, 0.717) is 0 Å². The highest BCUT2D eigenvalue weighted by Crippen LogP contribution is 2.30. The first-order valence-corrected chi connectivity index (χ1v) is 12.1. The normalized spacial score (nSPS) is 24.5. The van der Waals surface area contributed by atoms with Crippen LogP contribution in [0.1, 0.15) is 12.5 Å². The number of nitrogens with one attached hydrogen (secondary N) is 1. The van der Waals surface area contributed by atoms with E-state index in [9.17, 15) is 38.6 Å². The molecule has 6 atom stereocenters. The molecule has 1 fully saturated rings. The molecule has 0 spiro atoms. The fraction of sp³-hybridized carbons (Fsp3) is 0.304. The minimum Gasteiger partial charge on any atom is -0.593 e. The van der Waals surface area contributed by atoms with Gasteiger partial charge in [0.15, 0.2) is 34.5 Å². The van der Waals surface area contributed by atoms with E-state index in [2.05, 4.69) is 9.71 Å². The van der Waals surface area contributed by atoms with E-state index >= 15 is 0 Å². The number of guanidine groups is 1. The number of rotatable bonds is 8. The molecule has 12 nitrogen and oxygen atoms in total. The Morgan fingerprint density at radius 2 is 1.74 bits per heavy atom. The second-order valence-electron chi connectivity index (χ2n) is 8.21. The number of benzene rings is 2. The maximum absolute atomic E-state index is 14.6. The highest BCUT2D eigenvalue weighted by atomic mass is 32.2. The van der Waals surface area contributed by atoms with Gasteiger partial charge in [0, 0.05) is 5.57 Å². The Bertz CT molecular complexity index is 1190. The number of nitrogens with zero attached hydrogens (tertiary/aromatic N) is 1. The van der Waals surface area contributed by atoms with Crippen molar-refractivity contribution < 1.29 is 48.0 Å². The summed E-state index contributed by atoms with van der Waals surface area (Å²) in [7, 11) is 0. The summed E-state index contributed by atoms with van der Waals surface area (Å²) in [6, 6.07) is 7.25. The van der Waals surface area contributed by atoms with Crippen LogP contribution in [-0.4, -0.2) is 74.1 Å². The zero-order valence-electron chi connectivity index (χ0n) is 19.8. The van der Waals surface area contributed by atoms with E-state index in [0.717, 1.165) is 12.1 Å². The number of aliphatic hydroxyl groups is 4. The number of aliphatic hydroxyl groups excluding tert-OH is 4. The van der Waals surface area contributed by atoms with Crippen LogP contribution in [-0.2, 0) is 20.9 Å². The van der Waals surface area contributed by atoms with Crippen molar-refractivity contribution >= 4 is 29.3 Å². The molecule has 0 aromatic heterocycles. The summed E-state index contributed by atoms with van der Waals surface area (Å²) in [5.74, 6) is -4.00. The van der Waals surface area contributed by atoms with Gasteiger partial charge in [-0.1, -0.05) is 0 Å². The second-order valence-corrected chi connectivity index (χ2v) is 9.51. The molecule has 15 heteroatoms. The molecule has 0 aliphatic carbocycles. The molecule has 2 aromatic rings. The van der Waals surface area contributed by atoms with Crippen molar-refractivity contribution in [3.8, 4) is 11.5 Å². The Morgan fingerprint density at radius 3 is 2.32 bits per heavy atom. The second kappa shape index (κ2) is 12.6. The van der Waals surface area contributed by atoms with Crippen molar-refractivity contribution in [2.24, 2.45) is 16.5 Å². The molecule has 1 amide bonds. The molecule has 0 saturated carbocycles. The summed E-state index contributed by atoms with van der Waals surface area (Å²) in [6.07, 6.45) is -6.58. The van der Waals surface area contributed by atoms with Gasteiger partial charge in [-0.15, -0.1) is 4.72 Å². The fourth-order valence-electron chi connectivity index (χ4n) is 3.37. The Kier molecular flexibility index (Phi) is 9.75. The average molecular weight is 557 g/mol. The van der Waals surface area contributed by atoms with Crippen LogP contribution in [0.2, 0.25) is 0 Å². The summed E-state index contributed by atoms with van der Waals surface area (Å²) in [5.41, 5.74) is 10.3. The van der Waals surface area contributed by atoms with Gasteiger partial charge in [0.05, 0.1) is 17.9 Å². The minimum atomic E-state index is -1.84. The van der Waals surface area contributed by atoms with Crippen LogP contribution in [0.5, 0.6) is 11.5 Å². The summed E-state index contributed by atoms with van der Waals surface area (Å²) < 4.78 is 54.5. The molecule has 2 unspecified atom stereocenters.